The lowest BCUT2D eigenvalue weighted by molar-refractivity contribution is -0.113. The third-order valence-electron chi connectivity index (χ3n) is 4.89. The van der Waals surface area contributed by atoms with Crippen LogP contribution in [0.3, 0.4) is 0 Å². The minimum atomic E-state index is -0.340. The molecule has 0 spiro atoms. The highest BCUT2D eigenvalue weighted by Gasteiger charge is 2.25. The minimum absolute atomic E-state index is 0.0797. The molecule has 1 atom stereocenters. The lowest BCUT2D eigenvalue weighted by atomic mass is 10.0. The van der Waals surface area contributed by atoms with Crippen molar-refractivity contribution in [1.29, 1.82) is 0 Å². The molecule has 3 rings (SSSR count). The third-order valence-corrected chi connectivity index (χ3v) is 6.35. The van der Waals surface area contributed by atoms with Gasteiger partial charge in [-0.05, 0) is 43.2 Å². The summed E-state index contributed by atoms with van der Waals surface area (Å²) in [5, 5.41) is 15.8. The quantitative estimate of drug-likeness (QED) is 0.406. The third kappa shape index (κ3) is 6.72. The van der Waals surface area contributed by atoms with Gasteiger partial charge in [-0.2, -0.15) is 0 Å². The van der Waals surface area contributed by atoms with E-state index in [4.69, 9.17) is 23.2 Å². The molecule has 2 amide bonds. The highest BCUT2D eigenvalue weighted by Crippen LogP contribution is 2.26. The Morgan fingerprint density at radius 2 is 1.70 bits per heavy atom. The second kappa shape index (κ2) is 11.0. The Balaban J connectivity index is 1.66. The average Bonchev–Trinajstić information content (AvgIpc) is 3.10. The van der Waals surface area contributed by atoms with Gasteiger partial charge >= 0.3 is 0 Å². The number of carbonyl (C=O) groups is 2. The van der Waals surface area contributed by atoms with Gasteiger partial charge in [0.25, 0.3) is 5.91 Å². The molecule has 0 aliphatic carbocycles. The fraction of sp³-hybridized carbons (Fsp3) is 0.304. The van der Waals surface area contributed by atoms with Gasteiger partial charge in [-0.1, -0.05) is 66.5 Å². The number of hydrogen-bond acceptors (Lipinski definition) is 5. The maximum Gasteiger partial charge on any atom is 0.251 e. The molecule has 174 valence electrons. The van der Waals surface area contributed by atoms with Crippen LogP contribution < -0.4 is 10.6 Å². The molecule has 0 aliphatic heterocycles. The summed E-state index contributed by atoms with van der Waals surface area (Å²) in [6, 6.07) is 11.9. The van der Waals surface area contributed by atoms with Gasteiger partial charge in [0.15, 0.2) is 11.0 Å². The minimum Gasteiger partial charge on any atom is -0.342 e. The molecule has 7 nitrogen and oxygen atoms in total. The Hall–Kier alpha value is -2.55. The Morgan fingerprint density at radius 1 is 1.06 bits per heavy atom. The Morgan fingerprint density at radius 3 is 2.30 bits per heavy atom. The van der Waals surface area contributed by atoms with E-state index in [1.165, 1.54) is 11.8 Å². The zero-order valence-corrected chi connectivity index (χ0v) is 21.1. The Labute approximate surface area is 207 Å². The molecule has 33 heavy (non-hydrogen) atoms. The second-order valence-corrected chi connectivity index (χ2v) is 9.77. The van der Waals surface area contributed by atoms with E-state index in [0.717, 1.165) is 5.56 Å². The van der Waals surface area contributed by atoms with Crippen LogP contribution in [0.4, 0.5) is 5.69 Å². The van der Waals surface area contributed by atoms with Crippen molar-refractivity contribution in [2.75, 3.05) is 11.1 Å². The first-order chi connectivity index (χ1) is 15.6. The number of thioether (sulfide) groups is 1. The van der Waals surface area contributed by atoms with Gasteiger partial charge in [0.05, 0.1) is 11.8 Å². The van der Waals surface area contributed by atoms with E-state index >= 15 is 0 Å². The van der Waals surface area contributed by atoms with Crippen LogP contribution >= 0.6 is 35.0 Å². The number of anilines is 1. The van der Waals surface area contributed by atoms with Gasteiger partial charge in [0.2, 0.25) is 5.91 Å². The van der Waals surface area contributed by atoms with Crippen molar-refractivity contribution in [3.8, 4) is 0 Å². The van der Waals surface area contributed by atoms with Crippen LogP contribution in [0.1, 0.15) is 41.6 Å². The summed E-state index contributed by atoms with van der Waals surface area (Å²) in [4.78, 5) is 25.1. The van der Waals surface area contributed by atoms with Crippen molar-refractivity contribution in [1.82, 2.24) is 20.1 Å². The van der Waals surface area contributed by atoms with Crippen LogP contribution in [0.5, 0.6) is 0 Å². The molecular formula is C23H25Cl2N5O2S. The van der Waals surface area contributed by atoms with E-state index in [1.54, 1.807) is 34.9 Å². The van der Waals surface area contributed by atoms with E-state index in [0.29, 0.717) is 32.3 Å². The molecule has 2 aromatic carbocycles. The van der Waals surface area contributed by atoms with Crippen molar-refractivity contribution in [3.05, 3.63) is 69.5 Å². The fourth-order valence-corrected chi connectivity index (χ4v) is 4.38. The summed E-state index contributed by atoms with van der Waals surface area (Å²) >= 11 is 13.2. The molecule has 0 saturated heterocycles. The summed E-state index contributed by atoms with van der Waals surface area (Å²) in [5.74, 6) is 0.422. The van der Waals surface area contributed by atoms with E-state index in [-0.39, 0.29) is 29.5 Å². The summed E-state index contributed by atoms with van der Waals surface area (Å²) in [7, 11) is 1.82. The van der Waals surface area contributed by atoms with Gasteiger partial charge < -0.3 is 15.2 Å². The molecule has 10 heteroatoms. The molecule has 1 aromatic heterocycles. The standard InChI is InChI=1S/C23H25Cl2N5O2S/c1-13(2)20(27-22(32)15-7-5-14(3)6-8-15)21-28-29-23(30(21)4)33-12-19(31)26-18-10-16(24)9-17(25)11-18/h5-11,13,20H,12H2,1-4H3,(H,26,31)(H,27,32)/t20-/m0/s1. The van der Waals surface area contributed by atoms with Crippen molar-refractivity contribution in [2.24, 2.45) is 13.0 Å². The SMILES string of the molecule is Cc1ccc(C(=O)N[C@H](c2nnc(SCC(=O)Nc3cc(Cl)cc(Cl)c3)n2C)C(C)C)cc1. The number of hydrogen-bond donors (Lipinski definition) is 2. The van der Waals surface area contributed by atoms with E-state index in [1.807, 2.05) is 40.0 Å². The molecule has 0 saturated carbocycles. The van der Waals surface area contributed by atoms with Gasteiger partial charge in [0, 0.05) is 28.3 Å². The van der Waals surface area contributed by atoms with Gasteiger partial charge in [-0.25, -0.2) is 0 Å². The van der Waals surface area contributed by atoms with Crippen LogP contribution in [0.2, 0.25) is 10.0 Å². The predicted molar refractivity (Wildman–Crippen MR) is 133 cm³/mol. The van der Waals surface area contributed by atoms with Gasteiger partial charge in [-0.3, -0.25) is 9.59 Å². The maximum atomic E-state index is 12.8. The Bertz CT molecular complexity index is 1130. The number of aryl methyl sites for hydroxylation is 1. The summed E-state index contributed by atoms with van der Waals surface area (Å²) in [5.41, 5.74) is 2.20. The normalized spacial score (nSPS) is 12.0. The van der Waals surface area contributed by atoms with E-state index < -0.39 is 0 Å². The zero-order chi connectivity index (χ0) is 24.1. The largest absolute Gasteiger partial charge is 0.342 e. The fourth-order valence-electron chi connectivity index (χ4n) is 3.13. The first-order valence-electron chi connectivity index (χ1n) is 10.3. The highest BCUT2D eigenvalue weighted by molar-refractivity contribution is 7.99. The molecule has 1 heterocycles. The molecule has 0 fully saturated rings. The maximum absolute atomic E-state index is 12.8. The molecule has 0 radical (unpaired) electrons. The van der Waals surface area contributed by atoms with Crippen molar-refractivity contribution < 1.29 is 9.59 Å². The number of nitrogens with one attached hydrogen (secondary N) is 2. The zero-order valence-electron chi connectivity index (χ0n) is 18.7. The lowest BCUT2D eigenvalue weighted by Gasteiger charge is -2.21. The first-order valence-corrected chi connectivity index (χ1v) is 12.0. The molecule has 0 bridgehead atoms. The molecule has 0 aliphatic rings. The lowest BCUT2D eigenvalue weighted by Crippen LogP contribution is -2.33. The van der Waals surface area contributed by atoms with Crippen LogP contribution in [0.25, 0.3) is 0 Å². The molecule has 3 aromatic rings. The highest BCUT2D eigenvalue weighted by atomic mass is 35.5. The monoisotopic (exact) mass is 505 g/mol. The average molecular weight is 506 g/mol. The number of nitrogens with zero attached hydrogens (tertiary/aromatic N) is 3. The van der Waals surface area contributed by atoms with E-state index in [2.05, 4.69) is 20.8 Å². The van der Waals surface area contributed by atoms with Crippen LogP contribution in [0.15, 0.2) is 47.6 Å². The van der Waals surface area contributed by atoms with Gasteiger partial charge in [0.1, 0.15) is 0 Å². The molecule has 2 N–H and O–H groups in total. The van der Waals surface area contributed by atoms with E-state index in [9.17, 15) is 9.59 Å². The summed E-state index contributed by atoms with van der Waals surface area (Å²) < 4.78 is 1.80. The number of benzene rings is 2. The van der Waals surface area contributed by atoms with Gasteiger partial charge in [-0.15, -0.1) is 10.2 Å². The van der Waals surface area contributed by atoms with Crippen LogP contribution in [-0.2, 0) is 11.8 Å². The smallest absolute Gasteiger partial charge is 0.251 e. The number of rotatable bonds is 8. The second-order valence-electron chi connectivity index (χ2n) is 7.96. The summed E-state index contributed by atoms with van der Waals surface area (Å²) in [6.45, 7) is 5.98. The number of amides is 2. The number of carbonyl (C=O) groups excluding carboxylic acids is 2. The van der Waals surface area contributed by atoms with Crippen LogP contribution in [0, 0.1) is 12.8 Å². The summed E-state index contributed by atoms with van der Waals surface area (Å²) in [6.07, 6.45) is 0. The number of halogens is 2. The first kappa shape index (κ1) is 25.1. The molecule has 0 unspecified atom stereocenters. The number of aromatic nitrogens is 3. The predicted octanol–water partition coefficient (Wildman–Crippen LogP) is 5.29. The van der Waals surface area contributed by atoms with Crippen LogP contribution in [-0.4, -0.2) is 32.3 Å². The Kier molecular flexibility index (Phi) is 8.40. The molecular weight excluding hydrogens is 481 g/mol. The topological polar surface area (TPSA) is 88.9 Å². The van der Waals surface area contributed by atoms with Crippen molar-refractivity contribution in [2.45, 2.75) is 32.0 Å². The van der Waals surface area contributed by atoms with Crippen molar-refractivity contribution in [3.63, 3.8) is 0 Å². The van der Waals surface area contributed by atoms with Crippen molar-refractivity contribution >= 4 is 52.5 Å².